The van der Waals surface area contributed by atoms with Crippen LogP contribution >= 0.6 is 0 Å². The lowest BCUT2D eigenvalue weighted by Crippen LogP contribution is -2.39. The van der Waals surface area contributed by atoms with Crippen LogP contribution in [0.15, 0.2) is 0 Å². The largest absolute Gasteiger partial charge is 0.378 e. The van der Waals surface area contributed by atoms with Gasteiger partial charge in [-0.25, -0.2) is 0 Å². The Kier molecular flexibility index (Phi) is 5.70. The topological polar surface area (TPSA) is 21.3 Å². The zero-order valence-electron chi connectivity index (χ0n) is 13.2. The van der Waals surface area contributed by atoms with Crippen LogP contribution in [0, 0.1) is 11.3 Å². The van der Waals surface area contributed by atoms with Gasteiger partial charge in [-0.1, -0.05) is 20.8 Å². The minimum absolute atomic E-state index is 0.557. The maximum absolute atomic E-state index is 5.77. The highest BCUT2D eigenvalue weighted by atomic mass is 16.5. The standard InChI is InChI=1S/C17H33NO/c1-4-18-16(8-7-15-6-5-13-19-15)14-9-11-17(2,3)12-10-14/h14-16,18H,4-13H2,1-3H3. The predicted octanol–water partition coefficient (Wildman–Crippen LogP) is 4.14. The third kappa shape index (κ3) is 4.75. The van der Waals surface area contributed by atoms with Crippen molar-refractivity contribution < 1.29 is 4.74 Å². The van der Waals surface area contributed by atoms with Crippen LogP contribution < -0.4 is 5.32 Å². The van der Waals surface area contributed by atoms with Gasteiger partial charge in [0.1, 0.15) is 0 Å². The highest BCUT2D eigenvalue weighted by Crippen LogP contribution is 2.40. The second-order valence-corrected chi connectivity index (χ2v) is 7.38. The van der Waals surface area contributed by atoms with Gasteiger partial charge in [0.2, 0.25) is 0 Å². The average molecular weight is 267 g/mol. The smallest absolute Gasteiger partial charge is 0.0576 e. The molecule has 2 rings (SSSR count). The molecule has 1 saturated heterocycles. The van der Waals surface area contributed by atoms with Crippen molar-refractivity contribution in [2.75, 3.05) is 13.2 Å². The van der Waals surface area contributed by atoms with Gasteiger partial charge in [-0.15, -0.1) is 0 Å². The normalized spacial score (nSPS) is 29.5. The Labute approximate surface area is 119 Å². The summed E-state index contributed by atoms with van der Waals surface area (Å²) in [5, 5.41) is 3.75. The molecule has 2 fully saturated rings. The molecule has 2 nitrogen and oxygen atoms in total. The van der Waals surface area contributed by atoms with Crippen molar-refractivity contribution in [2.45, 2.75) is 84.3 Å². The molecule has 0 spiro atoms. The number of nitrogens with one attached hydrogen (secondary N) is 1. The molecule has 19 heavy (non-hydrogen) atoms. The molecule has 0 radical (unpaired) electrons. The third-order valence-electron chi connectivity index (χ3n) is 5.24. The van der Waals surface area contributed by atoms with Gasteiger partial charge in [0.25, 0.3) is 0 Å². The minimum atomic E-state index is 0.557. The van der Waals surface area contributed by atoms with E-state index in [9.17, 15) is 0 Å². The Morgan fingerprint density at radius 3 is 2.53 bits per heavy atom. The second kappa shape index (κ2) is 7.08. The molecule has 0 amide bonds. The van der Waals surface area contributed by atoms with E-state index in [0.717, 1.165) is 25.1 Å². The van der Waals surface area contributed by atoms with Gasteiger partial charge < -0.3 is 10.1 Å². The maximum Gasteiger partial charge on any atom is 0.0576 e. The lowest BCUT2D eigenvalue weighted by Gasteiger charge is -2.38. The van der Waals surface area contributed by atoms with Crippen LogP contribution in [0.4, 0.5) is 0 Å². The van der Waals surface area contributed by atoms with Gasteiger partial charge in [-0.05, 0) is 69.2 Å². The summed E-state index contributed by atoms with van der Waals surface area (Å²) in [6.45, 7) is 9.20. The Morgan fingerprint density at radius 2 is 1.95 bits per heavy atom. The molecule has 1 N–H and O–H groups in total. The summed E-state index contributed by atoms with van der Waals surface area (Å²) in [6, 6.07) is 0.727. The lowest BCUT2D eigenvalue weighted by atomic mass is 9.70. The molecule has 0 aromatic rings. The van der Waals surface area contributed by atoms with Gasteiger partial charge in [0.15, 0.2) is 0 Å². The van der Waals surface area contributed by atoms with Crippen molar-refractivity contribution in [1.29, 1.82) is 0 Å². The molecule has 1 aliphatic carbocycles. The number of hydrogen-bond donors (Lipinski definition) is 1. The summed E-state index contributed by atoms with van der Waals surface area (Å²) in [5.41, 5.74) is 0.585. The third-order valence-corrected chi connectivity index (χ3v) is 5.24. The van der Waals surface area contributed by atoms with Crippen molar-refractivity contribution in [2.24, 2.45) is 11.3 Å². The molecule has 2 atom stereocenters. The van der Waals surface area contributed by atoms with Crippen LogP contribution in [0.3, 0.4) is 0 Å². The predicted molar refractivity (Wildman–Crippen MR) is 81.4 cm³/mol. The van der Waals surface area contributed by atoms with E-state index >= 15 is 0 Å². The summed E-state index contributed by atoms with van der Waals surface area (Å²) >= 11 is 0. The van der Waals surface area contributed by atoms with E-state index in [-0.39, 0.29) is 0 Å². The molecule has 1 saturated carbocycles. The van der Waals surface area contributed by atoms with Crippen molar-refractivity contribution in [3.63, 3.8) is 0 Å². The fourth-order valence-corrected chi connectivity index (χ4v) is 3.83. The van der Waals surface area contributed by atoms with Crippen molar-refractivity contribution in [3.05, 3.63) is 0 Å². The maximum atomic E-state index is 5.77. The van der Waals surface area contributed by atoms with Gasteiger partial charge in [-0.3, -0.25) is 0 Å². The van der Waals surface area contributed by atoms with E-state index < -0.39 is 0 Å². The van der Waals surface area contributed by atoms with E-state index in [2.05, 4.69) is 26.1 Å². The first kappa shape index (κ1) is 15.3. The Hall–Kier alpha value is -0.0800. The van der Waals surface area contributed by atoms with Crippen LogP contribution in [0.5, 0.6) is 0 Å². The Bertz CT molecular complexity index is 248. The number of rotatable bonds is 6. The van der Waals surface area contributed by atoms with Crippen LogP contribution in [0.1, 0.15) is 72.1 Å². The summed E-state index contributed by atoms with van der Waals surface area (Å²) in [7, 11) is 0. The van der Waals surface area contributed by atoms with Crippen LogP contribution in [0.25, 0.3) is 0 Å². The van der Waals surface area contributed by atoms with E-state index in [4.69, 9.17) is 4.74 Å². The molecule has 1 heterocycles. The van der Waals surface area contributed by atoms with E-state index in [1.165, 1.54) is 51.4 Å². The molecule has 112 valence electrons. The van der Waals surface area contributed by atoms with Crippen molar-refractivity contribution in [3.8, 4) is 0 Å². The lowest BCUT2D eigenvalue weighted by molar-refractivity contribution is 0.0918. The molecule has 1 aliphatic heterocycles. The molecule has 0 aromatic carbocycles. The van der Waals surface area contributed by atoms with Crippen LogP contribution in [0.2, 0.25) is 0 Å². The zero-order valence-corrected chi connectivity index (χ0v) is 13.2. The molecule has 2 unspecified atom stereocenters. The van der Waals surface area contributed by atoms with Gasteiger partial charge in [-0.2, -0.15) is 0 Å². The first-order chi connectivity index (χ1) is 9.11. The minimum Gasteiger partial charge on any atom is -0.378 e. The van der Waals surface area contributed by atoms with Gasteiger partial charge >= 0.3 is 0 Å². The second-order valence-electron chi connectivity index (χ2n) is 7.38. The fraction of sp³-hybridized carbons (Fsp3) is 1.00. The summed E-state index contributed by atoms with van der Waals surface area (Å²) in [5.74, 6) is 0.898. The number of hydrogen-bond acceptors (Lipinski definition) is 2. The highest BCUT2D eigenvalue weighted by Gasteiger charge is 2.31. The first-order valence-corrected chi connectivity index (χ1v) is 8.46. The average Bonchev–Trinajstić information content (AvgIpc) is 2.88. The summed E-state index contributed by atoms with van der Waals surface area (Å²) < 4.78 is 5.77. The highest BCUT2D eigenvalue weighted by molar-refractivity contribution is 4.85. The van der Waals surface area contributed by atoms with Gasteiger partial charge in [0.05, 0.1) is 6.10 Å². The first-order valence-electron chi connectivity index (χ1n) is 8.46. The zero-order chi connectivity index (χ0) is 13.7. The van der Waals surface area contributed by atoms with E-state index in [0.29, 0.717) is 11.5 Å². The monoisotopic (exact) mass is 267 g/mol. The summed E-state index contributed by atoms with van der Waals surface area (Å²) in [6.07, 6.45) is 11.3. The van der Waals surface area contributed by atoms with E-state index in [1.807, 2.05) is 0 Å². The molecule has 0 aromatic heterocycles. The fourth-order valence-electron chi connectivity index (χ4n) is 3.83. The quantitative estimate of drug-likeness (QED) is 0.781. The van der Waals surface area contributed by atoms with E-state index in [1.54, 1.807) is 0 Å². The SMILES string of the molecule is CCNC(CCC1CCCO1)C1CCC(C)(C)CC1. The van der Waals surface area contributed by atoms with Crippen molar-refractivity contribution in [1.82, 2.24) is 5.32 Å². The molecule has 2 heteroatoms. The number of ether oxygens (including phenoxy) is 1. The summed E-state index contributed by atoms with van der Waals surface area (Å²) in [4.78, 5) is 0. The Morgan fingerprint density at radius 1 is 1.21 bits per heavy atom. The molecular formula is C17H33NO. The molecule has 2 aliphatic rings. The Balaban J connectivity index is 1.78. The van der Waals surface area contributed by atoms with Crippen LogP contribution in [-0.2, 0) is 4.74 Å². The molecule has 0 bridgehead atoms. The molecular weight excluding hydrogens is 234 g/mol. The van der Waals surface area contributed by atoms with Crippen LogP contribution in [-0.4, -0.2) is 25.3 Å². The van der Waals surface area contributed by atoms with Crippen molar-refractivity contribution >= 4 is 0 Å². The van der Waals surface area contributed by atoms with Gasteiger partial charge in [0, 0.05) is 12.6 Å².